The molecule has 1 aromatic rings. The number of aliphatic hydroxyl groups excluding tert-OH is 1. The second kappa shape index (κ2) is 8.19. The number of aliphatic hydroxyl groups is 1. The molecule has 106 valence electrons. The van der Waals surface area contributed by atoms with E-state index in [0.29, 0.717) is 19.6 Å². The molecule has 0 heterocycles. The first-order valence-corrected chi connectivity index (χ1v) is 6.77. The molecule has 0 aliphatic rings. The van der Waals surface area contributed by atoms with Gasteiger partial charge >= 0.3 is 0 Å². The van der Waals surface area contributed by atoms with Crippen LogP contribution in [0.15, 0.2) is 29.3 Å². The van der Waals surface area contributed by atoms with E-state index in [0.717, 1.165) is 21.5 Å². The van der Waals surface area contributed by atoms with E-state index < -0.39 is 0 Å². The summed E-state index contributed by atoms with van der Waals surface area (Å²) in [6.45, 7) is 5.84. The first kappa shape index (κ1) is 16.0. The van der Waals surface area contributed by atoms with Gasteiger partial charge in [-0.1, -0.05) is 22.5 Å². The van der Waals surface area contributed by atoms with E-state index in [9.17, 15) is 0 Å². The van der Waals surface area contributed by atoms with Crippen LogP contribution in [0.3, 0.4) is 0 Å². The van der Waals surface area contributed by atoms with Crippen molar-refractivity contribution < 1.29 is 14.6 Å². The third-order valence-electron chi connectivity index (χ3n) is 2.69. The van der Waals surface area contributed by atoms with Crippen LogP contribution >= 0.6 is 15.9 Å². The van der Waals surface area contributed by atoms with Crippen molar-refractivity contribution in [1.29, 1.82) is 0 Å². The van der Waals surface area contributed by atoms with Crippen LogP contribution in [0.1, 0.15) is 5.56 Å². The Morgan fingerprint density at radius 3 is 2.63 bits per heavy atom. The molecule has 5 heteroatoms. The normalized spacial score (nSPS) is 10.6. The number of halogens is 1. The number of rotatable bonds is 8. The second-order valence-electron chi connectivity index (χ2n) is 4.13. The van der Waals surface area contributed by atoms with E-state index in [4.69, 9.17) is 14.6 Å². The van der Waals surface area contributed by atoms with Crippen molar-refractivity contribution in [1.82, 2.24) is 4.90 Å². The number of methoxy groups -OCH3 is 2. The van der Waals surface area contributed by atoms with Crippen molar-refractivity contribution in [3.63, 3.8) is 0 Å². The zero-order valence-electron chi connectivity index (χ0n) is 11.4. The molecule has 0 saturated carbocycles. The predicted octanol–water partition coefficient (Wildman–Crippen LogP) is 2.41. The van der Waals surface area contributed by atoms with Gasteiger partial charge in [0.15, 0.2) is 0 Å². The van der Waals surface area contributed by atoms with Gasteiger partial charge in [-0.15, -0.1) is 0 Å². The lowest BCUT2D eigenvalue weighted by Gasteiger charge is -2.22. The molecule has 19 heavy (non-hydrogen) atoms. The summed E-state index contributed by atoms with van der Waals surface area (Å²) >= 11 is 3.35. The molecule has 0 radical (unpaired) electrons. The van der Waals surface area contributed by atoms with E-state index in [1.807, 2.05) is 18.2 Å². The van der Waals surface area contributed by atoms with E-state index in [1.54, 1.807) is 14.2 Å². The van der Waals surface area contributed by atoms with Gasteiger partial charge in [-0.3, -0.25) is 4.90 Å². The molecule has 0 amide bonds. The van der Waals surface area contributed by atoms with E-state index in [2.05, 4.69) is 27.4 Å². The minimum Gasteiger partial charge on any atom is -0.497 e. The molecule has 1 N–H and O–H groups in total. The molecule has 0 aliphatic heterocycles. The maximum atomic E-state index is 9.11. The highest BCUT2D eigenvalue weighted by molar-refractivity contribution is 9.11. The minimum atomic E-state index is 0.104. The van der Waals surface area contributed by atoms with Crippen LogP contribution in [0.2, 0.25) is 0 Å². The third kappa shape index (κ3) is 5.22. The van der Waals surface area contributed by atoms with Gasteiger partial charge in [-0.05, 0) is 18.2 Å². The SMILES string of the molecule is C=C(Br)CN(CCO)Cc1cc(OC)ccc1OC. The quantitative estimate of drug-likeness (QED) is 0.795. The maximum absolute atomic E-state index is 9.11. The Labute approximate surface area is 122 Å². The molecule has 4 nitrogen and oxygen atoms in total. The van der Waals surface area contributed by atoms with Crippen LogP contribution in [0.5, 0.6) is 11.5 Å². The molecular weight excluding hydrogens is 310 g/mol. The van der Waals surface area contributed by atoms with Crippen molar-refractivity contribution in [2.24, 2.45) is 0 Å². The summed E-state index contributed by atoms with van der Waals surface area (Å²) in [5.41, 5.74) is 1.02. The average Bonchev–Trinajstić information content (AvgIpc) is 2.38. The zero-order valence-corrected chi connectivity index (χ0v) is 12.9. The zero-order chi connectivity index (χ0) is 14.3. The Hall–Kier alpha value is -1.04. The molecule has 0 saturated heterocycles. The van der Waals surface area contributed by atoms with Crippen LogP contribution in [0.25, 0.3) is 0 Å². The van der Waals surface area contributed by atoms with Gasteiger partial charge in [0.05, 0.1) is 20.8 Å². The standard InChI is InChI=1S/C14H20BrNO3/c1-11(15)9-16(6-7-17)10-12-8-13(18-2)4-5-14(12)19-3/h4-5,8,17H,1,6-7,9-10H2,2-3H3. The number of hydrogen-bond acceptors (Lipinski definition) is 4. The largest absolute Gasteiger partial charge is 0.497 e. The van der Waals surface area contributed by atoms with Crippen molar-refractivity contribution in [3.05, 3.63) is 34.8 Å². The summed E-state index contributed by atoms with van der Waals surface area (Å²) in [6.07, 6.45) is 0. The van der Waals surface area contributed by atoms with Gasteiger partial charge in [0.1, 0.15) is 11.5 Å². The molecule has 0 spiro atoms. The van der Waals surface area contributed by atoms with Gasteiger partial charge in [-0.25, -0.2) is 0 Å². The third-order valence-corrected chi connectivity index (χ3v) is 2.94. The van der Waals surface area contributed by atoms with Gasteiger partial charge in [0.2, 0.25) is 0 Å². The van der Waals surface area contributed by atoms with Crippen LogP contribution < -0.4 is 9.47 Å². The molecular formula is C14H20BrNO3. The van der Waals surface area contributed by atoms with Crippen molar-refractivity contribution in [2.45, 2.75) is 6.54 Å². The molecule has 1 rings (SSSR count). The van der Waals surface area contributed by atoms with E-state index in [-0.39, 0.29) is 6.61 Å². The fourth-order valence-corrected chi connectivity index (χ4v) is 2.20. The molecule has 1 aromatic carbocycles. The monoisotopic (exact) mass is 329 g/mol. The minimum absolute atomic E-state index is 0.104. The number of nitrogens with zero attached hydrogens (tertiary/aromatic N) is 1. The maximum Gasteiger partial charge on any atom is 0.123 e. The first-order chi connectivity index (χ1) is 9.10. The van der Waals surface area contributed by atoms with Crippen LogP contribution in [-0.4, -0.2) is 43.9 Å². The van der Waals surface area contributed by atoms with Gasteiger partial charge < -0.3 is 14.6 Å². The summed E-state index contributed by atoms with van der Waals surface area (Å²) < 4.78 is 11.5. The molecule has 0 atom stereocenters. The molecule has 0 aromatic heterocycles. The Morgan fingerprint density at radius 1 is 1.37 bits per heavy atom. The smallest absolute Gasteiger partial charge is 0.123 e. The first-order valence-electron chi connectivity index (χ1n) is 5.98. The summed E-state index contributed by atoms with van der Waals surface area (Å²) in [5.74, 6) is 1.60. The van der Waals surface area contributed by atoms with Crippen molar-refractivity contribution >= 4 is 15.9 Å². The van der Waals surface area contributed by atoms with Crippen molar-refractivity contribution in [2.75, 3.05) is 33.9 Å². The Morgan fingerprint density at radius 2 is 2.11 bits per heavy atom. The van der Waals surface area contributed by atoms with E-state index >= 15 is 0 Å². The highest BCUT2D eigenvalue weighted by Gasteiger charge is 2.11. The summed E-state index contributed by atoms with van der Waals surface area (Å²) in [5, 5.41) is 9.11. The molecule has 0 fully saturated rings. The Bertz CT molecular complexity index is 423. The van der Waals surface area contributed by atoms with Crippen molar-refractivity contribution in [3.8, 4) is 11.5 Å². The highest BCUT2D eigenvalue weighted by Crippen LogP contribution is 2.25. The number of benzene rings is 1. The summed E-state index contributed by atoms with van der Waals surface area (Å²) in [4.78, 5) is 2.08. The fourth-order valence-electron chi connectivity index (χ4n) is 1.84. The second-order valence-corrected chi connectivity index (χ2v) is 5.25. The molecule has 0 unspecified atom stereocenters. The van der Waals surface area contributed by atoms with E-state index in [1.165, 1.54) is 0 Å². The topological polar surface area (TPSA) is 41.9 Å². The predicted molar refractivity (Wildman–Crippen MR) is 80.0 cm³/mol. The molecule has 0 aliphatic carbocycles. The molecule has 0 bridgehead atoms. The lowest BCUT2D eigenvalue weighted by Crippen LogP contribution is -2.27. The summed E-state index contributed by atoms with van der Waals surface area (Å²) in [7, 11) is 3.28. The van der Waals surface area contributed by atoms with Crippen LogP contribution in [-0.2, 0) is 6.54 Å². The average molecular weight is 330 g/mol. The number of ether oxygens (including phenoxy) is 2. The van der Waals surface area contributed by atoms with Gasteiger partial charge in [0, 0.05) is 29.7 Å². The number of hydrogen-bond donors (Lipinski definition) is 1. The Balaban J connectivity index is 2.89. The van der Waals surface area contributed by atoms with Crippen LogP contribution in [0, 0.1) is 0 Å². The van der Waals surface area contributed by atoms with Crippen LogP contribution in [0.4, 0.5) is 0 Å². The van der Waals surface area contributed by atoms with Gasteiger partial charge in [-0.2, -0.15) is 0 Å². The highest BCUT2D eigenvalue weighted by atomic mass is 79.9. The Kier molecular flexibility index (Phi) is 6.91. The van der Waals surface area contributed by atoms with Gasteiger partial charge in [0.25, 0.3) is 0 Å². The fraction of sp³-hybridized carbons (Fsp3) is 0.429. The lowest BCUT2D eigenvalue weighted by molar-refractivity contribution is 0.201. The lowest BCUT2D eigenvalue weighted by atomic mass is 10.1. The summed E-state index contributed by atoms with van der Waals surface area (Å²) in [6, 6.07) is 5.69.